The van der Waals surface area contributed by atoms with Gasteiger partial charge in [-0.3, -0.25) is 24.0 Å². The standard InChI is InChI=1S/C32H61N5O7.C4H9N.2C3H8.2CH4O/c1-4-6-7-8-9-10-11-17-28(39)34-24-15-22-33-21-14-19-30(41)37-27(5-2)32(43)35-23-13-16-26(25-38)36-29(40)18-12-20-31(42)44-3;1-3-5-4-2;2*1-3-2;2*1-2/h26-27,33,38H,4-25H2,1-3H3,(H,34,39)(H,35,43)(H,36,40)(H,37,41);3,5H,1,4H2,2H3;2*3H2,1-2H3;2*2H,1H3/p+1/t26-,27-;;;;;/m1...../s1. The Labute approximate surface area is 360 Å². The molecule has 0 saturated heterocycles. The summed E-state index contributed by atoms with van der Waals surface area (Å²) in [7, 11) is 3.55. The Hall–Kier alpha value is -3.27. The van der Waals surface area contributed by atoms with Crippen molar-refractivity contribution in [3.8, 4) is 0 Å². The maximum Gasteiger partial charge on any atom is 0.305 e. The van der Waals surface area contributed by atoms with Crippen LogP contribution in [0.15, 0.2) is 12.8 Å². The van der Waals surface area contributed by atoms with E-state index in [0.717, 1.165) is 39.5 Å². The summed E-state index contributed by atoms with van der Waals surface area (Å²) in [6.45, 7) is 21.2. The number of aliphatic hydroxyl groups is 2. The summed E-state index contributed by atoms with van der Waals surface area (Å²) in [6, 6.07) is -1.06. The Bertz CT molecular complexity index is 912. The SMILES string of the molecule is C=CNCC.CCC.CCC.CCCCCCCCCC(=O)NCCCNCCCC(=O)N[C@H](CC)C(=O)NCCC[C@H](CO)NC(=O)CCCC(=O)OC.CO.C[OH2+]. The molecule has 0 radical (unpaired) electrons. The van der Waals surface area contributed by atoms with Gasteiger partial charge in [-0.15, -0.1) is 0 Å². The molecule has 0 aliphatic rings. The summed E-state index contributed by atoms with van der Waals surface area (Å²) in [5, 5.41) is 39.7. The maximum atomic E-state index is 12.5. The quantitative estimate of drug-likeness (QED) is 0.0260. The first-order valence-corrected chi connectivity index (χ1v) is 22.3. The predicted molar refractivity (Wildman–Crippen MR) is 245 cm³/mol. The van der Waals surface area contributed by atoms with E-state index in [2.05, 4.69) is 77.8 Å². The van der Waals surface area contributed by atoms with Gasteiger partial charge in [0.25, 0.3) is 0 Å². The molecule has 0 aromatic carbocycles. The van der Waals surface area contributed by atoms with E-state index in [1.807, 2.05) is 13.8 Å². The molecule has 0 aliphatic carbocycles. The van der Waals surface area contributed by atoms with E-state index >= 15 is 0 Å². The molecule has 10 N–H and O–H groups in total. The predicted octanol–water partition coefficient (Wildman–Crippen LogP) is 5.14. The summed E-state index contributed by atoms with van der Waals surface area (Å²) in [4.78, 5) is 59.9. The van der Waals surface area contributed by atoms with Crippen LogP contribution in [0.5, 0.6) is 0 Å². The molecule has 0 aromatic heterocycles. The monoisotopic (exact) mass is 852 g/mol. The average Bonchev–Trinajstić information content (AvgIpc) is 3.24. The van der Waals surface area contributed by atoms with Gasteiger partial charge in [-0.05, 0) is 71.2 Å². The van der Waals surface area contributed by atoms with E-state index in [9.17, 15) is 29.1 Å². The van der Waals surface area contributed by atoms with Crippen LogP contribution in [0.2, 0.25) is 0 Å². The lowest BCUT2D eigenvalue weighted by atomic mass is 10.1. The number of hydrogen-bond acceptors (Lipinski definition) is 10. The van der Waals surface area contributed by atoms with Crippen molar-refractivity contribution in [3.63, 3.8) is 0 Å². The first kappa shape index (κ1) is 67.5. The third-order valence-electron chi connectivity index (χ3n) is 7.65. The second-order valence-electron chi connectivity index (χ2n) is 13.4. The van der Waals surface area contributed by atoms with Gasteiger partial charge in [0.1, 0.15) is 13.2 Å². The highest BCUT2D eigenvalue weighted by atomic mass is 16.5. The van der Waals surface area contributed by atoms with Gasteiger partial charge in [0, 0.05) is 52.4 Å². The van der Waals surface area contributed by atoms with E-state index in [1.54, 1.807) is 6.20 Å². The van der Waals surface area contributed by atoms with Crippen molar-refractivity contribution < 1.29 is 44.0 Å². The van der Waals surface area contributed by atoms with Crippen molar-refractivity contribution >= 4 is 29.6 Å². The van der Waals surface area contributed by atoms with Crippen LogP contribution >= 0.6 is 0 Å². The topological polar surface area (TPSA) is 230 Å². The van der Waals surface area contributed by atoms with Gasteiger partial charge in [-0.1, -0.05) is 99.5 Å². The molecule has 0 heterocycles. The minimum absolute atomic E-state index is 0.119. The van der Waals surface area contributed by atoms with Crippen LogP contribution in [0.25, 0.3) is 0 Å². The van der Waals surface area contributed by atoms with E-state index in [1.165, 1.54) is 59.2 Å². The second kappa shape index (κ2) is 61.4. The summed E-state index contributed by atoms with van der Waals surface area (Å²) >= 11 is 0. The zero-order valence-electron chi connectivity index (χ0n) is 39.5. The van der Waals surface area contributed by atoms with E-state index in [0.29, 0.717) is 64.6 Å². The first-order valence-electron chi connectivity index (χ1n) is 22.3. The molecule has 0 rings (SSSR count). The number of unbranched alkanes of at least 4 members (excludes halogenated alkanes) is 6. The van der Waals surface area contributed by atoms with Gasteiger partial charge < -0.3 is 52.0 Å². The van der Waals surface area contributed by atoms with E-state index in [-0.39, 0.29) is 49.0 Å². The van der Waals surface area contributed by atoms with Crippen molar-refractivity contribution in [3.05, 3.63) is 12.8 Å². The molecule has 0 aromatic rings. The van der Waals surface area contributed by atoms with Crippen LogP contribution in [-0.2, 0) is 28.7 Å². The van der Waals surface area contributed by atoms with Crippen LogP contribution in [-0.4, -0.2) is 118 Å². The Balaban J connectivity index is -0.000000404. The van der Waals surface area contributed by atoms with Gasteiger partial charge in [0.15, 0.2) is 0 Å². The number of carbonyl (C=O) groups is 5. The number of hydrogen-bond donors (Lipinski definition) is 8. The summed E-state index contributed by atoms with van der Waals surface area (Å²) < 4.78 is 4.54. The first-order chi connectivity index (χ1) is 28.5. The second-order valence-corrected chi connectivity index (χ2v) is 13.4. The maximum absolute atomic E-state index is 12.5. The number of carbonyl (C=O) groups excluding carboxylic acids is 5. The zero-order valence-corrected chi connectivity index (χ0v) is 39.5. The fraction of sp³-hybridized carbons (Fsp3) is 0.841. The molecule has 0 unspecified atom stereocenters. The number of ether oxygens (including phenoxy) is 1. The minimum atomic E-state index is -0.622. The molecule has 0 aliphatic heterocycles. The fourth-order valence-electron chi connectivity index (χ4n) is 4.72. The summed E-state index contributed by atoms with van der Waals surface area (Å²) in [5.41, 5.74) is 0. The van der Waals surface area contributed by atoms with Crippen LogP contribution < -0.4 is 31.9 Å². The average molecular weight is 852 g/mol. The van der Waals surface area contributed by atoms with Crippen LogP contribution in [0.1, 0.15) is 170 Å². The molecule has 0 fully saturated rings. The Morgan fingerprint density at radius 3 is 1.66 bits per heavy atom. The molecule has 2 atom stereocenters. The van der Waals surface area contributed by atoms with Gasteiger partial charge in [0.2, 0.25) is 23.6 Å². The van der Waals surface area contributed by atoms with Gasteiger partial charge in [-0.25, -0.2) is 0 Å². The van der Waals surface area contributed by atoms with Crippen molar-refractivity contribution in [2.75, 3.05) is 60.7 Å². The lowest BCUT2D eigenvalue weighted by molar-refractivity contribution is -0.140. The normalized spacial score (nSPS) is 10.5. The number of rotatable bonds is 31. The smallest absolute Gasteiger partial charge is 0.305 e. The molecular formula is C44H95N6O9+. The van der Waals surface area contributed by atoms with Gasteiger partial charge in [-0.2, -0.15) is 0 Å². The zero-order chi connectivity index (χ0) is 46.4. The van der Waals surface area contributed by atoms with Crippen molar-refractivity contribution in [2.24, 2.45) is 0 Å². The number of amides is 4. The molecule has 354 valence electrons. The number of esters is 1. The molecule has 59 heavy (non-hydrogen) atoms. The van der Waals surface area contributed by atoms with Gasteiger partial charge in [0.05, 0.1) is 19.8 Å². The molecule has 0 saturated carbocycles. The number of methoxy groups -OCH3 is 1. The molecule has 0 spiro atoms. The van der Waals surface area contributed by atoms with Crippen molar-refractivity contribution in [2.45, 2.75) is 183 Å². The molecule has 15 nitrogen and oxygen atoms in total. The van der Waals surface area contributed by atoms with Crippen LogP contribution in [0.4, 0.5) is 0 Å². The number of nitrogens with one attached hydrogen (secondary N) is 6. The highest BCUT2D eigenvalue weighted by Gasteiger charge is 2.18. The van der Waals surface area contributed by atoms with Crippen LogP contribution in [0, 0.1) is 0 Å². The highest BCUT2D eigenvalue weighted by molar-refractivity contribution is 5.87. The minimum Gasteiger partial charge on any atom is -0.469 e. The lowest BCUT2D eigenvalue weighted by Crippen LogP contribution is -2.46. The largest absolute Gasteiger partial charge is 0.469 e. The molecular weight excluding hydrogens is 757 g/mol. The van der Waals surface area contributed by atoms with Crippen molar-refractivity contribution in [1.29, 1.82) is 0 Å². The van der Waals surface area contributed by atoms with Gasteiger partial charge >= 0.3 is 5.97 Å². The third kappa shape index (κ3) is 61.5. The molecule has 0 bridgehead atoms. The van der Waals surface area contributed by atoms with Crippen LogP contribution in [0.3, 0.4) is 0 Å². The lowest BCUT2D eigenvalue weighted by Gasteiger charge is -2.18. The van der Waals surface area contributed by atoms with E-state index in [4.69, 9.17) is 10.2 Å². The van der Waals surface area contributed by atoms with E-state index < -0.39 is 12.1 Å². The highest BCUT2D eigenvalue weighted by Crippen LogP contribution is 2.08. The Kier molecular flexibility index (Phi) is 70.2. The Morgan fingerprint density at radius 1 is 0.644 bits per heavy atom. The summed E-state index contributed by atoms with van der Waals surface area (Å²) in [6.07, 6.45) is 17.1. The number of aliphatic hydroxyl groups excluding tert-OH is 2. The molecule has 4 amide bonds. The molecule has 15 heteroatoms. The van der Waals surface area contributed by atoms with Crippen molar-refractivity contribution in [1.82, 2.24) is 31.9 Å². The Morgan fingerprint density at radius 2 is 1.15 bits per heavy atom. The summed E-state index contributed by atoms with van der Waals surface area (Å²) in [5.74, 6) is -0.946. The third-order valence-corrected chi connectivity index (χ3v) is 7.65. The fourth-order valence-corrected chi connectivity index (χ4v) is 4.72.